The van der Waals surface area contributed by atoms with Crippen molar-refractivity contribution in [3.8, 4) is 0 Å². The number of benzene rings is 2. The van der Waals surface area contributed by atoms with Crippen LogP contribution in [0, 0.1) is 0 Å². The van der Waals surface area contributed by atoms with Crippen LogP contribution in [0.3, 0.4) is 0 Å². The predicted molar refractivity (Wildman–Crippen MR) is 110 cm³/mol. The lowest BCUT2D eigenvalue weighted by molar-refractivity contribution is -0.121. The van der Waals surface area contributed by atoms with E-state index in [4.69, 9.17) is 0 Å². The molecule has 0 aromatic heterocycles. The molecule has 1 aliphatic heterocycles. The van der Waals surface area contributed by atoms with Crippen LogP contribution in [0.5, 0.6) is 0 Å². The molecule has 0 bridgehead atoms. The highest BCUT2D eigenvalue weighted by molar-refractivity contribution is 6.04. The number of rotatable bonds is 5. The molecule has 0 atom stereocenters. The maximum absolute atomic E-state index is 13.2. The Hall–Kier alpha value is -2.62. The van der Waals surface area contributed by atoms with E-state index in [2.05, 4.69) is 19.9 Å². The molecule has 0 radical (unpaired) electrons. The number of amides is 2. The molecule has 0 saturated carbocycles. The predicted octanol–water partition coefficient (Wildman–Crippen LogP) is 4.14. The molecule has 0 saturated heterocycles. The Morgan fingerprint density at radius 3 is 2.30 bits per heavy atom. The molecule has 1 aliphatic rings. The number of hydrogen-bond acceptors (Lipinski definition) is 2. The van der Waals surface area contributed by atoms with Gasteiger partial charge in [0.15, 0.2) is 0 Å². The van der Waals surface area contributed by atoms with Gasteiger partial charge in [-0.2, -0.15) is 0 Å². The van der Waals surface area contributed by atoms with Gasteiger partial charge in [0.25, 0.3) is 0 Å². The topological polar surface area (TPSA) is 40.6 Å². The Morgan fingerprint density at radius 2 is 1.67 bits per heavy atom. The smallest absolute Gasteiger partial charge is 0.247 e. The van der Waals surface area contributed by atoms with Crippen molar-refractivity contribution < 1.29 is 9.59 Å². The zero-order chi connectivity index (χ0) is 19.4. The third kappa shape index (κ3) is 3.90. The first-order valence-corrected chi connectivity index (χ1v) is 9.83. The lowest BCUT2D eigenvalue weighted by atomic mass is 10.0. The summed E-state index contributed by atoms with van der Waals surface area (Å²) < 4.78 is 0. The summed E-state index contributed by atoms with van der Waals surface area (Å²) in [6.07, 6.45) is 3.60. The summed E-state index contributed by atoms with van der Waals surface area (Å²) in [5.74, 6) is -0.116. The van der Waals surface area contributed by atoms with Gasteiger partial charge in [-0.25, -0.2) is 0 Å². The third-order valence-electron chi connectivity index (χ3n) is 5.32. The van der Waals surface area contributed by atoms with Crippen molar-refractivity contribution in [2.45, 2.75) is 46.5 Å². The van der Waals surface area contributed by atoms with Gasteiger partial charge in [0.05, 0.1) is 5.69 Å². The van der Waals surface area contributed by atoms with Crippen molar-refractivity contribution in [1.82, 2.24) is 0 Å². The monoisotopic (exact) mass is 364 g/mol. The summed E-state index contributed by atoms with van der Waals surface area (Å²) in [4.78, 5) is 29.2. The van der Waals surface area contributed by atoms with E-state index >= 15 is 0 Å². The molecule has 27 heavy (non-hydrogen) atoms. The minimum atomic E-state index is -0.0933. The zero-order valence-electron chi connectivity index (χ0n) is 16.5. The van der Waals surface area contributed by atoms with E-state index < -0.39 is 0 Å². The van der Waals surface area contributed by atoms with Crippen molar-refractivity contribution in [1.29, 1.82) is 0 Å². The van der Waals surface area contributed by atoms with E-state index in [0.717, 1.165) is 48.2 Å². The van der Waals surface area contributed by atoms with Crippen LogP contribution in [0.2, 0.25) is 0 Å². The van der Waals surface area contributed by atoms with E-state index in [9.17, 15) is 9.59 Å². The van der Waals surface area contributed by atoms with Gasteiger partial charge in [-0.3, -0.25) is 9.59 Å². The molecule has 0 spiro atoms. The van der Waals surface area contributed by atoms with Crippen molar-refractivity contribution >= 4 is 23.2 Å². The number of anilines is 2. The van der Waals surface area contributed by atoms with Crippen LogP contribution in [-0.2, 0) is 28.9 Å². The van der Waals surface area contributed by atoms with E-state index in [1.807, 2.05) is 41.3 Å². The molecule has 142 valence electrons. The first-order chi connectivity index (χ1) is 13.1. The van der Waals surface area contributed by atoms with Gasteiger partial charge >= 0.3 is 0 Å². The van der Waals surface area contributed by atoms with Crippen LogP contribution in [0.1, 0.15) is 43.9 Å². The van der Waals surface area contributed by atoms with Crippen molar-refractivity contribution in [2.24, 2.45) is 0 Å². The Bertz CT molecular complexity index is 822. The van der Waals surface area contributed by atoms with E-state index in [1.54, 1.807) is 11.8 Å². The summed E-state index contributed by atoms with van der Waals surface area (Å²) in [7, 11) is 0. The molecule has 4 nitrogen and oxygen atoms in total. The van der Waals surface area contributed by atoms with E-state index in [0.29, 0.717) is 6.54 Å². The second-order valence-electron chi connectivity index (χ2n) is 7.01. The fourth-order valence-corrected chi connectivity index (χ4v) is 3.92. The largest absolute Gasteiger partial charge is 0.311 e. The van der Waals surface area contributed by atoms with E-state index in [1.165, 1.54) is 5.56 Å². The lowest BCUT2D eigenvalue weighted by Gasteiger charge is -2.32. The number of fused-ring (bicyclic) bond motifs is 1. The third-order valence-corrected chi connectivity index (χ3v) is 5.32. The quantitative estimate of drug-likeness (QED) is 0.800. The first-order valence-electron chi connectivity index (χ1n) is 9.83. The standard InChI is InChI=1S/C23H28N2O2/c1-4-18-11-8-12-19(5-2)23(18)25(17(3)26)16-22(27)24-15-9-13-20-10-6-7-14-21(20)24/h6-8,10-12,14H,4-5,9,13,15-16H2,1-3H3. The van der Waals surface area contributed by atoms with Gasteiger partial charge in [-0.15, -0.1) is 0 Å². The van der Waals surface area contributed by atoms with Gasteiger partial charge in [0.1, 0.15) is 6.54 Å². The molecular weight excluding hydrogens is 336 g/mol. The normalized spacial score (nSPS) is 13.2. The second kappa shape index (κ2) is 8.38. The van der Waals surface area contributed by atoms with Crippen molar-refractivity contribution in [3.63, 3.8) is 0 Å². The molecule has 4 heteroatoms. The molecule has 1 heterocycles. The van der Waals surface area contributed by atoms with Crippen LogP contribution in [0.15, 0.2) is 42.5 Å². The number of para-hydroxylation sites is 2. The number of carbonyl (C=O) groups is 2. The van der Waals surface area contributed by atoms with Crippen LogP contribution >= 0.6 is 0 Å². The molecule has 0 fully saturated rings. The lowest BCUT2D eigenvalue weighted by Crippen LogP contribution is -2.45. The average Bonchev–Trinajstić information content (AvgIpc) is 2.70. The fourth-order valence-electron chi connectivity index (χ4n) is 3.92. The van der Waals surface area contributed by atoms with Gasteiger partial charge in [0, 0.05) is 19.2 Å². The van der Waals surface area contributed by atoms with Gasteiger partial charge in [0.2, 0.25) is 11.8 Å². The maximum Gasteiger partial charge on any atom is 0.247 e. The summed E-state index contributed by atoms with van der Waals surface area (Å²) in [6.45, 7) is 6.49. The number of nitrogens with zero attached hydrogens (tertiary/aromatic N) is 2. The Labute approximate surface area is 161 Å². The zero-order valence-corrected chi connectivity index (χ0v) is 16.5. The summed E-state index contributed by atoms with van der Waals surface area (Å²) in [5.41, 5.74) is 5.31. The molecule has 2 aromatic rings. The molecular formula is C23H28N2O2. The minimum Gasteiger partial charge on any atom is -0.311 e. The van der Waals surface area contributed by atoms with Crippen LogP contribution in [-0.4, -0.2) is 24.9 Å². The molecule has 0 unspecified atom stereocenters. The van der Waals surface area contributed by atoms with Crippen LogP contribution in [0.4, 0.5) is 11.4 Å². The molecule has 2 amide bonds. The molecule has 0 N–H and O–H groups in total. The van der Waals surface area contributed by atoms with Crippen LogP contribution in [0.25, 0.3) is 0 Å². The number of carbonyl (C=O) groups excluding carboxylic acids is 2. The van der Waals surface area contributed by atoms with Crippen LogP contribution < -0.4 is 9.80 Å². The molecule has 3 rings (SSSR count). The van der Waals surface area contributed by atoms with Gasteiger partial charge in [-0.1, -0.05) is 50.2 Å². The highest BCUT2D eigenvalue weighted by Crippen LogP contribution is 2.30. The highest BCUT2D eigenvalue weighted by atomic mass is 16.2. The Morgan fingerprint density at radius 1 is 1.00 bits per heavy atom. The summed E-state index contributed by atoms with van der Waals surface area (Å²) in [5, 5.41) is 0. The number of hydrogen-bond donors (Lipinski definition) is 0. The maximum atomic E-state index is 13.2. The summed E-state index contributed by atoms with van der Waals surface area (Å²) in [6, 6.07) is 14.2. The molecule has 2 aromatic carbocycles. The Balaban J connectivity index is 1.93. The van der Waals surface area contributed by atoms with Crippen molar-refractivity contribution in [3.05, 3.63) is 59.2 Å². The van der Waals surface area contributed by atoms with E-state index in [-0.39, 0.29) is 18.4 Å². The minimum absolute atomic E-state index is 0.0229. The number of aryl methyl sites for hydroxylation is 3. The second-order valence-corrected chi connectivity index (χ2v) is 7.01. The van der Waals surface area contributed by atoms with Crippen molar-refractivity contribution in [2.75, 3.05) is 22.9 Å². The molecule has 0 aliphatic carbocycles. The summed E-state index contributed by atoms with van der Waals surface area (Å²) >= 11 is 0. The SMILES string of the molecule is CCc1cccc(CC)c1N(CC(=O)N1CCCc2ccccc21)C(C)=O. The van der Waals surface area contributed by atoms with Gasteiger partial charge in [-0.05, 0) is 48.4 Å². The average molecular weight is 364 g/mol. The fraction of sp³-hybridized carbons (Fsp3) is 0.391. The Kier molecular flexibility index (Phi) is 5.94. The first kappa shape index (κ1) is 19.2. The van der Waals surface area contributed by atoms with Gasteiger partial charge < -0.3 is 9.80 Å². The highest BCUT2D eigenvalue weighted by Gasteiger charge is 2.27.